The Morgan fingerprint density at radius 3 is 2.53 bits per heavy atom. The second-order valence-corrected chi connectivity index (χ2v) is 8.30. The van der Waals surface area contributed by atoms with E-state index in [2.05, 4.69) is 28.7 Å². The highest BCUT2D eigenvalue weighted by atomic mass is 35.5. The first kappa shape index (κ1) is 21.9. The third-order valence-electron chi connectivity index (χ3n) is 5.46. The molecule has 1 unspecified atom stereocenters. The lowest BCUT2D eigenvalue weighted by atomic mass is 9.97. The Kier molecular flexibility index (Phi) is 6.76. The first-order valence-corrected chi connectivity index (χ1v) is 10.9. The number of carbonyl (C=O) groups excluding carboxylic acids is 1. The maximum absolute atomic E-state index is 12.9. The van der Waals surface area contributed by atoms with Gasteiger partial charge in [-0.05, 0) is 59.5 Å². The number of benzene rings is 3. The van der Waals surface area contributed by atoms with E-state index in [1.807, 2.05) is 55.5 Å². The summed E-state index contributed by atoms with van der Waals surface area (Å²) in [5.41, 5.74) is 2.11. The average molecular weight is 449 g/mol. The lowest BCUT2D eigenvalue weighted by Gasteiger charge is -2.18. The summed E-state index contributed by atoms with van der Waals surface area (Å²) in [5, 5.41) is 10.2. The second kappa shape index (κ2) is 9.88. The van der Waals surface area contributed by atoms with Gasteiger partial charge in [0, 0.05) is 23.9 Å². The van der Waals surface area contributed by atoms with Crippen molar-refractivity contribution in [3.05, 3.63) is 88.6 Å². The lowest BCUT2D eigenvalue weighted by Crippen LogP contribution is -2.16. The maximum atomic E-state index is 12.9. The summed E-state index contributed by atoms with van der Waals surface area (Å²) < 4.78 is 10.4. The number of nitrogens with zero attached hydrogens (tertiary/aromatic N) is 1. The minimum absolute atomic E-state index is 0.174. The normalized spacial score (nSPS) is 12.0. The molecule has 1 aromatic heterocycles. The summed E-state index contributed by atoms with van der Waals surface area (Å²) in [4.78, 5) is 12.9. The molecule has 4 rings (SSSR count). The first-order valence-electron chi connectivity index (χ1n) is 10.5. The summed E-state index contributed by atoms with van der Waals surface area (Å²) in [6, 6.07) is 21.4. The number of aryl methyl sites for hydroxylation is 2. The molecular weight excluding hydrogens is 424 g/mol. The van der Waals surface area contributed by atoms with Gasteiger partial charge in [-0.3, -0.25) is 4.79 Å². The summed E-state index contributed by atoms with van der Waals surface area (Å²) in [6.07, 6.45) is 1.50. The van der Waals surface area contributed by atoms with Gasteiger partial charge in [-0.25, -0.2) is 0 Å². The Hall–Kier alpha value is -3.31. The zero-order valence-corrected chi connectivity index (χ0v) is 18.9. The number of rotatable bonds is 9. The third kappa shape index (κ3) is 5.48. The van der Waals surface area contributed by atoms with Crippen molar-refractivity contribution in [2.75, 3.05) is 12.4 Å². The quantitative estimate of drug-likeness (QED) is 0.315. The predicted octanol–water partition coefficient (Wildman–Crippen LogP) is 6.54. The average Bonchev–Trinajstić information content (AvgIpc) is 3.21. The molecule has 164 valence electrons. The van der Waals surface area contributed by atoms with Gasteiger partial charge in [0.25, 0.3) is 0 Å². The van der Waals surface area contributed by atoms with E-state index in [9.17, 15) is 4.79 Å². The fourth-order valence-corrected chi connectivity index (χ4v) is 3.86. The molecule has 0 aliphatic carbocycles. The van der Waals surface area contributed by atoms with Crippen molar-refractivity contribution in [1.29, 1.82) is 0 Å². The Morgan fingerprint density at radius 1 is 1.06 bits per heavy atom. The van der Waals surface area contributed by atoms with E-state index in [0.29, 0.717) is 35.9 Å². The Bertz CT molecular complexity index is 1220. The van der Waals surface area contributed by atoms with Gasteiger partial charge in [-0.1, -0.05) is 53.2 Å². The number of methoxy groups -OCH3 is 1. The molecule has 32 heavy (non-hydrogen) atoms. The van der Waals surface area contributed by atoms with E-state index in [0.717, 1.165) is 27.6 Å². The molecule has 1 heterocycles. The lowest BCUT2D eigenvalue weighted by molar-refractivity contribution is -0.119. The molecule has 4 aromatic rings. The highest BCUT2D eigenvalue weighted by molar-refractivity contribution is 6.30. The van der Waals surface area contributed by atoms with E-state index >= 15 is 0 Å². The molecule has 3 aromatic carbocycles. The van der Waals surface area contributed by atoms with Crippen LogP contribution in [0, 0.1) is 6.92 Å². The number of ketones is 1. The van der Waals surface area contributed by atoms with Crippen LogP contribution in [0.2, 0.25) is 5.02 Å². The Labute approximate surface area is 192 Å². The van der Waals surface area contributed by atoms with Crippen LogP contribution in [0.1, 0.15) is 35.8 Å². The van der Waals surface area contributed by atoms with Crippen molar-refractivity contribution in [3.63, 3.8) is 0 Å². The molecule has 0 radical (unpaired) electrons. The Balaban J connectivity index is 1.43. The largest absolute Gasteiger partial charge is 0.497 e. The van der Waals surface area contributed by atoms with Crippen LogP contribution in [-0.2, 0) is 11.2 Å². The fraction of sp³-hybridized carbons (Fsp3) is 0.231. The van der Waals surface area contributed by atoms with Crippen molar-refractivity contribution in [2.24, 2.45) is 0 Å². The minimum atomic E-state index is -0.215. The maximum Gasteiger partial charge on any atom is 0.170 e. The van der Waals surface area contributed by atoms with Crippen LogP contribution in [0.25, 0.3) is 10.8 Å². The molecule has 0 fully saturated rings. The van der Waals surface area contributed by atoms with Gasteiger partial charge >= 0.3 is 0 Å². The van der Waals surface area contributed by atoms with Crippen LogP contribution in [-0.4, -0.2) is 18.0 Å². The zero-order valence-electron chi connectivity index (χ0n) is 18.1. The Morgan fingerprint density at radius 2 is 1.81 bits per heavy atom. The van der Waals surface area contributed by atoms with Gasteiger partial charge in [0.1, 0.15) is 17.3 Å². The van der Waals surface area contributed by atoms with E-state index in [1.165, 1.54) is 0 Å². The van der Waals surface area contributed by atoms with Crippen LogP contribution < -0.4 is 10.1 Å². The van der Waals surface area contributed by atoms with Gasteiger partial charge in [-0.15, -0.1) is 0 Å². The van der Waals surface area contributed by atoms with Gasteiger partial charge in [0.05, 0.1) is 13.2 Å². The topological polar surface area (TPSA) is 64.4 Å². The molecule has 0 aliphatic rings. The van der Waals surface area contributed by atoms with Crippen LogP contribution in [0.3, 0.4) is 0 Å². The predicted molar refractivity (Wildman–Crippen MR) is 128 cm³/mol. The zero-order chi connectivity index (χ0) is 22.5. The van der Waals surface area contributed by atoms with Crippen molar-refractivity contribution >= 4 is 34.0 Å². The molecule has 0 saturated heterocycles. The minimum Gasteiger partial charge on any atom is -0.497 e. The monoisotopic (exact) mass is 448 g/mol. The van der Waals surface area contributed by atoms with Crippen molar-refractivity contribution in [2.45, 2.75) is 32.2 Å². The number of halogens is 1. The molecule has 5 nitrogen and oxygen atoms in total. The number of Topliss-reactive ketones (excluding diaryl/α,β-unsaturated/α-hetero) is 1. The highest BCUT2D eigenvalue weighted by Gasteiger charge is 2.18. The number of hydrogen-bond acceptors (Lipinski definition) is 5. The summed E-state index contributed by atoms with van der Waals surface area (Å²) >= 11 is 6.04. The van der Waals surface area contributed by atoms with Crippen LogP contribution in [0.4, 0.5) is 5.82 Å². The summed E-state index contributed by atoms with van der Waals surface area (Å²) in [5.74, 6) is 2.33. The molecule has 1 N–H and O–H groups in total. The van der Waals surface area contributed by atoms with Crippen LogP contribution >= 0.6 is 11.6 Å². The number of nitrogens with one attached hydrogen (secondary N) is 1. The van der Waals surface area contributed by atoms with Crippen molar-refractivity contribution in [3.8, 4) is 5.75 Å². The standard InChI is InChI=1S/C26H25ClN2O3/c1-17-13-26(29-32-17)28-25(19-6-9-22(27)10-7-19)16-23(30)11-4-18-3-5-21-15-24(31-2)12-8-20(21)14-18/h3,5-10,12-15,25H,4,11,16H2,1-2H3,(H,28,29). The van der Waals surface area contributed by atoms with Crippen LogP contribution in [0.15, 0.2) is 71.3 Å². The number of anilines is 1. The van der Waals surface area contributed by atoms with E-state index in [4.69, 9.17) is 20.9 Å². The second-order valence-electron chi connectivity index (χ2n) is 7.86. The van der Waals surface area contributed by atoms with Gasteiger partial charge in [0.15, 0.2) is 5.82 Å². The van der Waals surface area contributed by atoms with Gasteiger partial charge in [-0.2, -0.15) is 0 Å². The molecule has 0 saturated carbocycles. The molecule has 0 amide bonds. The molecule has 0 spiro atoms. The van der Waals surface area contributed by atoms with Crippen molar-refractivity contribution in [1.82, 2.24) is 5.16 Å². The first-order chi connectivity index (χ1) is 15.5. The van der Waals surface area contributed by atoms with E-state index < -0.39 is 0 Å². The van der Waals surface area contributed by atoms with E-state index in [-0.39, 0.29) is 11.8 Å². The highest BCUT2D eigenvalue weighted by Crippen LogP contribution is 2.26. The number of hydrogen-bond donors (Lipinski definition) is 1. The third-order valence-corrected chi connectivity index (χ3v) is 5.71. The summed E-state index contributed by atoms with van der Waals surface area (Å²) in [6.45, 7) is 1.83. The van der Waals surface area contributed by atoms with Crippen molar-refractivity contribution < 1.29 is 14.1 Å². The SMILES string of the molecule is COc1ccc2cc(CCC(=O)CC(Nc3cc(C)on3)c3ccc(Cl)cc3)ccc2c1. The molecule has 6 heteroatoms. The molecular formula is C26H25ClN2O3. The molecule has 0 aliphatic heterocycles. The fourth-order valence-electron chi connectivity index (χ4n) is 3.73. The number of fused-ring (bicyclic) bond motifs is 1. The van der Waals surface area contributed by atoms with Crippen LogP contribution in [0.5, 0.6) is 5.75 Å². The van der Waals surface area contributed by atoms with E-state index in [1.54, 1.807) is 7.11 Å². The number of ether oxygens (including phenoxy) is 1. The molecule has 1 atom stereocenters. The smallest absolute Gasteiger partial charge is 0.170 e. The van der Waals surface area contributed by atoms with Gasteiger partial charge < -0.3 is 14.6 Å². The molecule has 0 bridgehead atoms. The number of aromatic nitrogens is 1. The number of carbonyl (C=O) groups is 1. The van der Waals surface area contributed by atoms with Gasteiger partial charge in [0.2, 0.25) is 0 Å². The summed E-state index contributed by atoms with van der Waals surface area (Å²) in [7, 11) is 1.66.